The lowest BCUT2D eigenvalue weighted by atomic mass is 9.58. The van der Waals surface area contributed by atoms with Crippen LogP contribution in [0.3, 0.4) is 0 Å². The molecule has 1 saturated heterocycles. The van der Waals surface area contributed by atoms with Gasteiger partial charge in [0.2, 0.25) is 0 Å². The van der Waals surface area contributed by atoms with Gasteiger partial charge in [-0.15, -0.1) is 0 Å². The van der Waals surface area contributed by atoms with Crippen LogP contribution < -0.4 is 0 Å². The Kier molecular flexibility index (Phi) is 4.43. The molecule has 126 valence electrons. The molecule has 5 heteroatoms. The van der Waals surface area contributed by atoms with E-state index in [1.54, 1.807) is 24.0 Å². The topological polar surface area (TPSA) is 49.8 Å². The van der Waals surface area contributed by atoms with Crippen molar-refractivity contribution in [3.63, 3.8) is 0 Å². The van der Waals surface area contributed by atoms with Gasteiger partial charge >= 0.3 is 0 Å². The second-order valence-corrected chi connectivity index (χ2v) is 6.66. The largest absolute Gasteiger partial charge is 0.392 e. The maximum absolute atomic E-state index is 14.2. The van der Waals surface area contributed by atoms with Crippen molar-refractivity contribution in [1.29, 1.82) is 0 Å². The number of piperidine rings is 1. The normalized spacial score (nSPS) is 26.2. The van der Waals surface area contributed by atoms with Crippen molar-refractivity contribution in [2.24, 2.45) is 5.41 Å². The molecule has 1 saturated carbocycles. The molecular formula is C18H24FNO3. The molecule has 1 aromatic rings. The van der Waals surface area contributed by atoms with Crippen molar-refractivity contribution in [2.45, 2.75) is 45.3 Å². The van der Waals surface area contributed by atoms with Gasteiger partial charge in [-0.1, -0.05) is 12.1 Å². The van der Waals surface area contributed by atoms with E-state index in [0.717, 1.165) is 0 Å². The minimum Gasteiger partial charge on any atom is -0.392 e. The molecule has 2 unspecified atom stereocenters. The minimum absolute atomic E-state index is 0.0791. The number of aliphatic hydroxyl groups excluding tert-OH is 1. The summed E-state index contributed by atoms with van der Waals surface area (Å²) in [6.45, 7) is 5.32. The summed E-state index contributed by atoms with van der Waals surface area (Å²) in [4.78, 5) is 14.3. The molecule has 1 N–H and O–H groups in total. The maximum Gasteiger partial charge on any atom is 0.256 e. The van der Waals surface area contributed by atoms with Gasteiger partial charge in [-0.3, -0.25) is 4.79 Å². The van der Waals surface area contributed by atoms with Gasteiger partial charge in [-0.05, 0) is 38.3 Å². The number of hydrogen-bond acceptors (Lipinski definition) is 3. The van der Waals surface area contributed by atoms with E-state index >= 15 is 0 Å². The van der Waals surface area contributed by atoms with E-state index in [4.69, 9.17) is 4.74 Å². The van der Waals surface area contributed by atoms with Gasteiger partial charge in [0.25, 0.3) is 5.91 Å². The Hall–Kier alpha value is -1.46. The number of halogens is 1. The van der Waals surface area contributed by atoms with Gasteiger partial charge < -0.3 is 14.7 Å². The number of aliphatic hydroxyl groups is 1. The maximum atomic E-state index is 14.2. The molecule has 1 spiro atoms. The van der Waals surface area contributed by atoms with Gasteiger partial charge in [0.15, 0.2) is 0 Å². The predicted octanol–water partition coefficient (Wildman–Crippen LogP) is 2.53. The summed E-state index contributed by atoms with van der Waals surface area (Å²) in [6, 6.07) is 4.91. The van der Waals surface area contributed by atoms with E-state index < -0.39 is 5.82 Å². The predicted molar refractivity (Wildman–Crippen MR) is 84.7 cm³/mol. The van der Waals surface area contributed by atoms with Gasteiger partial charge in [-0.2, -0.15) is 0 Å². The zero-order valence-electron chi connectivity index (χ0n) is 13.7. The molecule has 1 amide bonds. The lowest BCUT2D eigenvalue weighted by molar-refractivity contribution is -0.207. The second-order valence-electron chi connectivity index (χ2n) is 6.66. The van der Waals surface area contributed by atoms with Gasteiger partial charge in [0.05, 0.1) is 17.8 Å². The van der Waals surface area contributed by atoms with Crippen LogP contribution in [0.5, 0.6) is 0 Å². The van der Waals surface area contributed by atoms with Crippen LogP contribution in [0.1, 0.15) is 42.1 Å². The van der Waals surface area contributed by atoms with Crippen LogP contribution in [0, 0.1) is 18.2 Å². The lowest BCUT2D eigenvalue weighted by Crippen LogP contribution is -2.62. The highest BCUT2D eigenvalue weighted by Crippen LogP contribution is 2.51. The average molecular weight is 321 g/mol. The highest BCUT2D eigenvalue weighted by atomic mass is 19.1. The van der Waals surface area contributed by atoms with Crippen LogP contribution in [0.4, 0.5) is 4.39 Å². The number of carbonyl (C=O) groups is 1. The number of aryl methyl sites for hydroxylation is 1. The highest BCUT2D eigenvalue weighted by molar-refractivity contribution is 5.94. The molecule has 23 heavy (non-hydrogen) atoms. The first-order valence-electron chi connectivity index (χ1n) is 8.33. The third-order valence-corrected chi connectivity index (χ3v) is 5.51. The Balaban J connectivity index is 1.69. The number of benzene rings is 1. The molecule has 1 heterocycles. The summed E-state index contributed by atoms with van der Waals surface area (Å²) in [5, 5.41) is 10.2. The summed E-state index contributed by atoms with van der Waals surface area (Å²) in [7, 11) is 0. The van der Waals surface area contributed by atoms with Crippen molar-refractivity contribution in [2.75, 3.05) is 19.7 Å². The standard InChI is InChI=1S/C18H24FNO3/c1-3-23-15-11-14(21)18(15)7-9-20(10-8-18)17(22)13-6-4-5-12(2)16(13)19/h4-6,14-15,21H,3,7-11H2,1-2H3. The van der Waals surface area contributed by atoms with Crippen LogP contribution in [0.2, 0.25) is 0 Å². The SMILES string of the molecule is CCOC1CC(O)C12CCN(C(=O)c1cccc(C)c1F)CC2. The van der Waals surface area contributed by atoms with E-state index in [2.05, 4.69) is 0 Å². The third-order valence-electron chi connectivity index (χ3n) is 5.51. The minimum atomic E-state index is -0.436. The monoisotopic (exact) mass is 321 g/mol. The van der Waals surface area contributed by atoms with Crippen LogP contribution in [0.25, 0.3) is 0 Å². The molecule has 0 aromatic heterocycles. The van der Waals surface area contributed by atoms with Crippen molar-refractivity contribution in [1.82, 2.24) is 4.90 Å². The number of amides is 1. The quantitative estimate of drug-likeness (QED) is 0.931. The number of likely N-dealkylation sites (tertiary alicyclic amines) is 1. The van der Waals surface area contributed by atoms with Crippen molar-refractivity contribution >= 4 is 5.91 Å². The number of hydrogen-bond donors (Lipinski definition) is 1. The molecule has 0 radical (unpaired) electrons. The fraction of sp³-hybridized carbons (Fsp3) is 0.611. The number of nitrogens with zero attached hydrogens (tertiary/aromatic N) is 1. The summed E-state index contributed by atoms with van der Waals surface area (Å²) in [5.41, 5.74) is 0.393. The first-order valence-corrected chi connectivity index (χ1v) is 8.33. The van der Waals surface area contributed by atoms with E-state index in [1.165, 1.54) is 6.07 Å². The van der Waals surface area contributed by atoms with Crippen molar-refractivity contribution < 1.29 is 19.0 Å². The fourth-order valence-electron chi connectivity index (χ4n) is 3.93. The van der Waals surface area contributed by atoms with Crippen LogP contribution in [0.15, 0.2) is 18.2 Å². The number of carbonyl (C=O) groups excluding carboxylic acids is 1. The second kappa shape index (κ2) is 6.21. The zero-order valence-corrected chi connectivity index (χ0v) is 13.7. The molecular weight excluding hydrogens is 297 g/mol. The fourth-order valence-corrected chi connectivity index (χ4v) is 3.93. The molecule has 4 nitrogen and oxygen atoms in total. The lowest BCUT2D eigenvalue weighted by Gasteiger charge is -2.56. The molecule has 2 fully saturated rings. The molecule has 1 aliphatic heterocycles. The first kappa shape index (κ1) is 16.4. The van der Waals surface area contributed by atoms with E-state index in [9.17, 15) is 14.3 Å². The summed E-state index contributed by atoms with van der Waals surface area (Å²) < 4.78 is 19.9. The number of ether oxygens (including phenoxy) is 1. The average Bonchev–Trinajstić information content (AvgIpc) is 2.57. The Morgan fingerprint density at radius 2 is 2.13 bits per heavy atom. The highest BCUT2D eigenvalue weighted by Gasteiger charge is 2.56. The van der Waals surface area contributed by atoms with Crippen LogP contribution in [-0.4, -0.2) is 47.8 Å². The van der Waals surface area contributed by atoms with Gasteiger partial charge in [0, 0.05) is 31.5 Å². The van der Waals surface area contributed by atoms with Crippen LogP contribution >= 0.6 is 0 Å². The molecule has 1 aliphatic carbocycles. The summed E-state index contributed by atoms with van der Waals surface area (Å²) in [5.74, 6) is -0.698. The van der Waals surface area contributed by atoms with E-state index in [-0.39, 0.29) is 29.1 Å². The summed E-state index contributed by atoms with van der Waals surface area (Å²) >= 11 is 0. The smallest absolute Gasteiger partial charge is 0.256 e. The van der Waals surface area contributed by atoms with Crippen molar-refractivity contribution in [3.05, 3.63) is 35.1 Å². The molecule has 2 atom stereocenters. The Morgan fingerprint density at radius 1 is 1.43 bits per heavy atom. The van der Waals surface area contributed by atoms with Crippen LogP contribution in [-0.2, 0) is 4.74 Å². The molecule has 2 aliphatic rings. The Bertz CT molecular complexity index is 594. The van der Waals surface area contributed by atoms with Crippen molar-refractivity contribution in [3.8, 4) is 0 Å². The molecule has 0 bridgehead atoms. The molecule has 3 rings (SSSR count). The Labute approximate surface area is 136 Å². The van der Waals surface area contributed by atoms with E-state index in [0.29, 0.717) is 44.5 Å². The molecule has 1 aromatic carbocycles. The first-order chi connectivity index (χ1) is 11.0. The number of rotatable bonds is 3. The Morgan fingerprint density at radius 3 is 2.74 bits per heavy atom. The third kappa shape index (κ3) is 2.66. The zero-order chi connectivity index (χ0) is 16.6. The van der Waals surface area contributed by atoms with E-state index in [1.807, 2.05) is 6.92 Å². The van der Waals surface area contributed by atoms with Gasteiger partial charge in [-0.25, -0.2) is 4.39 Å². The summed E-state index contributed by atoms with van der Waals surface area (Å²) in [6.07, 6.45) is 1.81. The van der Waals surface area contributed by atoms with Gasteiger partial charge in [0.1, 0.15) is 5.82 Å².